The predicted octanol–water partition coefficient (Wildman–Crippen LogP) is 3.72. The predicted molar refractivity (Wildman–Crippen MR) is 100.0 cm³/mol. The van der Waals surface area contributed by atoms with Gasteiger partial charge < -0.3 is 19.7 Å². The molecule has 0 radical (unpaired) electrons. The van der Waals surface area contributed by atoms with Crippen LogP contribution >= 0.6 is 0 Å². The number of carboxylic acids is 2. The maximum Gasteiger partial charge on any atom is 0.306 e. The minimum atomic E-state index is -1.01. The first-order valence-electron chi connectivity index (χ1n) is 8.87. The van der Waals surface area contributed by atoms with Gasteiger partial charge in [-0.2, -0.15) is 0 Å². The van der Waals surface area contributed by atoms with Crippen LogP contribution in [0.4, 0.5) is 0 Å². The molecule has 0 heterocycles. The van der Waals surface area contributed by atoms with Crippen molar-refractivity contribution in [3.8, 4) is 11.5 Å². The van der Waals surface area contributed by atoms with E-state index in [0.29, 0.717) is 11.5 Å². The van der Waals surface area contributed by atoms with Gasteiger partial charge in [-0.15, -0.1) is 0 Å². The molecule has 0 aliphatic rings. The molecule has 27 heavy (non-hydrogen) atoms. The molecule has 0 saturated carbocycles. The average molecular weight is 372 g/mol. The van der Waals surface area contributed by atoms with Gasteiger partial charge in [0.25, 0.3) is 0 Å². The third-order valence-corrected chi connectivity index (χ3v) is 4.22. The van der Waals surface area contributed by atoms with Crippen molar-refractivity contribution in [3.63, 3.8) is 0 Å². The summed E-state index contributed by atoms with van der Waals surface area (Å²) in [5.74, 6) is -2.28. The van der Waals surface area contributed by atoms with Crippen LogP contribution in [-0.2, 0) is 9.59 Å². The fourth-order valence-corrected chi connectivity index (χ4v) is 2.70. The van der Waals surface area contributed by atoms with E-state index in [1.54, 1.807) is 24.3 Å². The van der Waals surface area contributed by atoms with Gasteiger partial charge in [0, 0.05) is 0 Å². The summed E-state index contributed by atoms with van der Waals surface area (Å²) >= 11 is 0. The van der Waals surface area contributed by atoms with Crippen LogP contribution in [0.15, 0.2) is 60.7 Å². The third kappa shape index (κ3) is 7.40. The van der Waals surface area contributed by atoms with E-state index in [9.17, 15) is 19.8 Å². The highest BCUT2D eigenvalue weighted by Crippen LogP contribution is 2.21. The number of carbonyl (C=O) groups is 2. The Morgan fingerprint density at radius 3 is 1.41 bits per heavy atom. The van der Waals surface area contributed by atoms with Gasteiger partial charge in [-0.3, -0.25) is 9.59 Å². The SMILES string of the molecule is O=C(O)C(CCOc1ccccc1)CC(CCOc1ccccc1)C(=O)O. The molecule has 0 spiro atoms. The second-order valence-corrected chi connectivity index (χ2v) is 6.21. The normalized spacial score (nSPS) is 12.7. The molecule has 0 aliphatic carbocycles. The summed E-state index contributed by atoms with van der Waals surface area (Å²) in [6, 6.07) is 18.2. The molecule has 2 rings (SSSR count). The molecule has 2 aromatic rings. The third-order valence-electron chi connectivity index (χ3n) is 4.22. The molecule has 0 aliphatic heterocycles. The number of hydrogen-bond acceptors (Lipinski definition) is 4. The molecule has 2 unspecified atom stereocenters. The van der Waals surface area contributed by atoms with Crippen LogP contribution in [0, 0.1) is 11.8 Å². The lowest BCUT2D eigenvalue weighted by Crippen LogP contribution is -2.25. The minimum absolute atomic E-state index is 0.0426. The quantitative estimate of drug-likeness (QED) is 0.590. The molecule has 2 atom stereocenters. The van der Waals surface area contributed by atoms with E-state index >= 15 is 0 Å². The van der Waals surface area contributed by atoms with Crippen molar-refractivity contribution in [3.05, 3.63) is 60.7 Å². The van der Waals surface area contributed by atoms with Crippen molar-refractivity contribution < 1.29 is 29.3 Å². The molecule has 6 nitrogen and oxygen atoms in total. The Hall–Kier alpha value is -3.02. The first-order valence-corrected chi connectivity index (χ1v) is 8.87. The van der Waals surface area contributed by atoms with Crippen LogP contribution in [0.25, 0.3) is 0 Å². The minimum Gasteiger partial charge on any atom is -0.494 e. The zero-order valence-corrected chi connectivity index (χ0v) is 15.0. The van der Waals surface area contributed by atoms with Crippen LogP contribution in [0.5, 0.6) is 11.5 Å². The zero-order chi connectivity index (χ0) is 19.5. The highest BCUT2D eigenvalue weighted by atomic mass is 16.5. The summed E-state index contributed by atoms with van der Waals surface area (Å²) in [7, 11) is 0. The van der Waals surface area contributed by atoms with Gasteiger partial charge >= 0.3 is 11.9 Å². The lowest BCUT2D eigenvalue weighted by Gasteiger charge is -2.18. The molecule has 2 N–H and O–H groups in total. The van der Waals surface area contributed by atoms with Gasteiger partial charge in [0.2, 0.25) is 0 Å². The highest BCUT2D eigenvalue weighted by molar-refractivity contribution is 5.73. The Balaban J connectivity index is 1.82. The average Bonchev–Trinajstić information content (AvgIpc) is 2.67. The summed E-state index contributed by atoms with van der Waals surface area (Å²) in [5.41, 5.74) is 0. The fourth-order valence-electron chi connectivity index (χ4n) is 2.70. The Morgan fingerprint density at radius 1 is 0.704 bits per heavy atom. The van der Waals surface area contributed by atoms with Crippen molar-refractivity contribution in [2.24, 2.45) is 11.8 Å². The van der Waals surface area contributed by atoms with Crippen LogP contribution in [0.3, 0.4) is 0 Å². The Morgan fingerprint density at radius 2 is 1.07 bits per heavy atom. The molecule has 144 valence electrons. The smallest absolute Gasteiger partial charge is 0.306 e. The van der Waals surface area contributed by atoms with Crippen molar-refractivity contribution in [2.75, 3.05) is 13.2 Å². The topological polar surface area (TPSA) is 93.1 Å². The van der Waals surface area contributed by atoms with Crippen molar-refractivity contribution in [1.29, 1.82) is 0 Å². The van der Waals surface area contributed by atoms with E-state index in [1.165, 1.54) is 0 Å². The lowest BCUT2D eigenvalue weighted by atomic mass is 9.90. The van der Waals surface area contributed by atoms with Gasteiger partial charge in [0.1, 0.15) is 11.5 Å². The monoisotopic (exact) mass is 372 g/mol. The number of ether oxygens (including phenoxy) is 2. The number of rotatable bonds is 12. The van der Waals surface area contributed by atoms with Crippen LogP contribution in [0.2, 0.25) is 0 Å². The van der Waals surface area contributed by atoms with Crippen molar-refractivity contribution >= 4 is 11.9 Å². The van der Waals surface area contributed by atoms with Gasteiger partial charge in [-0.1, -0.05) is 36.4 Å². The van der Waals surface area contributed by atoms with Crippen LogP contribution in [0.1, 0.15) is 19.3 Å². The number of para-hydroxylation sites is 2. The summed E-state index contributed by atoms with van der Waals surface area (Å²) in [6.45, 7) is 0.432. The van der Waals surface area contributed by atoms with E-state index in [-0.39, 0.29) is 32.5 Å². The maximum atomic E-state index is 11.5. The highest BCUT2D eigenvalue weighted by Gasteiger charge is 2.27. The van der Waals surface area contributed by atoms with Gasteiger partial charge in [0.05, 0.1) is 25.0 Å². The number of carboxylic acid groups (broad SMARTS) is 2. The molecule has 0 bridgehead atoms. The largest absolute Gasteiger partial charge is 0.494 e. The molecule has 0 amide bonds. The van der Waals surface area contributed by atoms with Crippen LogP contribution < -0.4 is 9.47 Å². The zero-order valence-electron chi connectivity index (χ0n) is 15.0. The Bertz CT molecular complexity index is 640. The summed E-state index contributed by atoms with van der Waals surface area (Å²) in [6.07, 6.45) is 0.530. The first-order chi connectivity index (χ1) is 13.1. The molecule has 2 aromatic carbocycles. The summed E-state index contributed by atoms with van der Waals surface area (Å²) in [4.78, 5) is 23.0. The van der Waals surface area contributed by atoms with Crippen molar-refractivity contribution in [1.82, 2.24) is 0 Å². The van der Waals surface area contributed by atoms with Gasteiger partial charge in [-0.05, 0) is 43.5 Å². The molecule has 0 fully saturated rings. The number of aliphatic carboxylic acids is 2. The van der Waals surface area contributed by atoms with Crippen LogP contribution in [-0.4, -0.2) is 35.4 Å². The molecular formula is C21H24O6. The first kappa shape index (κ1) is 20.3. The second kappa shape index (κ2) is 10.9. The van der Waals surface area contributed by atoms with Gasteiger partial charge in [0.15, 0.2) is 0 Å². The molecule has 0 saturated heterocycles. The summed E-state index contributed by atoms with van der Waals surface area (Å²) < 4.78 is 11.1. The van der Waals surface area contributed by atoms with E-state index in [2.05, 4.69) is 0 Å². The maximum absolute atomic E-state index is 11.5. The fraction of sp³-hybridized carbons (Fsp3) is 0.333. The number of benzene rings is 2. The lowest BCUT2D eigenvalue weighted by molar-refractivity contribution is -0.146. The summed E-state index contributed by atoms with van der Waals surface area (Å²) in [5, 5.41) is 18.8. The molecule has 6 heteroatoms. The van der Waals surface area contributed by atoms with E-state index in [4.69, 9.17) is 9.47 Å². The van der Waals surface area contributed by atoms with E-state index < -0.39 is 23.8 Å². The number of hydrogen-bond donors (Lipinski definition) is 2. The van der Waals surface area contributed by atoms with E-state index in [0.717, 1.165) is 0 Å². The molecular weight excluding hydrogens is 348 g/mol. The van der Waals surface area contributed by atoms with Crippen molar-refractivity contribution in [2.45, 2.75) is 19.3 Å². The standard InChI is InChI=1S/C21H24O6/c22-20(23)16(11-13-26-18-7-3-1-4-8-18)15-17(21(24)25)12-14-27-19-9-5-2-6-10-19/h1-10,16-17H,11-15H2,(H,22,23)(H,24,25). The van der Waals surface area contributed by atoms with Gasteiger partial charge in [-0.25, -0.2) is 0 Å². The second-order valence-electron chi connectivity index (χ2n) is 6.21. The Labute approximate surface area is 158 Å². The van der Waals surface area contributed by atoms with E-state index in [1.807, 2.05) is 36.4 Å². The molecule has 0 aromatic heterocycles. The Kier molecular flexibility index (Phi) is 8.16.